The van der Waals surface area contributed by atoms with Crippen LogP contribution < -0.4 is 9.80 Å². The monoisotopic (exact) mass is 896 g/mol. The van der Waals surface area contributed by atoms with Crippen LogP contribution in [0, 0.1) is 27.7 Å². The van der Waals surface area contributed by atoms with Crippen LogP contribution in [-0.2, 0) is 0 Å². The molecule has 0 radical (unpaired) electrons. The van der Waals surface area contributed by atoms with Gasteiger partial charge in [0.15, 0.2) is 0 Å². The Morgan fingerprint density at radius 3 is 0.986 bits per heavy atom. The smallest absolute Gasteiger partial charge is 0.0540 e. The van der Waals surface area contributed by atoms with Crippen molar-refractivity contribution >= 4 is 66.4 Å². The summed E-state index contributed by atoms with van der Waals surface area (Å²) in [6.07, 6.45) is 0. The summed E-state index contributed by atoms with van der Waals surface area (Å²) in [4.78, 5) is 5.02. The molecule has 0 aliphatic rings. The number of nitrogens with zero attached hydrogens (tertiary/aromatic N) is 2. The largest absolute Gasteiger partial charge is 0.310 e. The third kappa shape index (κ3) is 7.55. The van der Waals surface area contributed by atoms with Gasteiger partial charge in [-0.2, -0.15) is 0 Å². The molecule has 0 atom stereocenters. The zero-order chi connectivity index (χ0) is 47.3. The van der Waals surface area contributed by atoms with Crippen molar-refractivity contribution in [2.75, 3.05) is 9.80 Å². The molecule has 0 amide bonds. The summed E-state index contributed by atoms with van der Waals surface area (Å²) >= 11 is 0. The van der Waals surface area contributed by atoms with Gasteiger partial charge in [-0.1, -0.05) is 182 Å². The second-order valence-electron chi connectivity index (χ2n) is 18.7. The summed E-state index contributed by atoms with van der Waals surface area (Å²) in [6.45, 7) is 8.96. The Balaban J connectivity index is 1.13. The normalized spacial score (nSPS) is 11.4. The van der Waals surface area contributed by atoms with Crippen molar-refractivity contribution in [3.8, 4) is 44.5 Å². The molecular formula is C68H52N2. The number of anilines is 6. The quantitative estimate of drug-likeness (QED) is 0.126. The van der Waals surface area contributed by atoms with Gasteiger partial charge in [-0.15, -0.1) is 0 Å². The molecule has 12 aromatic rings. The van der Waals surface area contributed by atoms with E-state index in [4.69, 9.17) is 0 Å². The van der Waals surface area contributed by atoms with Gasteiger partial charge in [0.25, 0.3) is 0 Å². The van der Waals surface area contributed by atoms with E-state index in [1.54, 1.807) is 0 Å². The molecular weight excluding hydrogens is 845 g/mol. The van der Waals surface area contributed by atoms with Crippen molar-refractivity contribution in [1.82, 2.24) is 0 Å². The molecule has 0 spiro atoms. The Morgan fingerprint density at radius 1 is 0.257 bits per heavy atom. The van der Waals surface area contributed by atoms with Crippen molar-refractivity contribution in [1.29, 1.82) is 0 Å². The first kappa shape index (κ1) is 42.6. The first-order valence-electron chi connectivity index (χ1n) is 24.3. The van der Waals surface area contributed by atoms with Gasteiger partial charge in [-0.3, -0.25) is 0 Å². The first-order valence-corrected chi connectivity index (χ1v) is 24.3. The number of rotatable bonds is 10. The molecule has 334 valence electrons. The molecule has 2 heteroatoms. The number of hydrogen-bond acceptors (Lipinski definition) is 2. The highest BCUT2D eigenvalue weighted by atomic mass is 15.2. The van der Waals surface area contributed by atoms with E-state index in [1.807, 2.05) is 0 Å². The molecule has 0 saturated carbocycles. The van der Waals surface area contributed by atoms with Gasteiger partial charge in [0.1, 0.15) is 0 Å². The average Bonchev–Trinajstić information content (AvgIpc) is 3.40. The predicted octanol–water partition coefficient (Wildman–Crippen LogP) is 19.4. The summed E-state index contributed by atoms with van der Waals surface area (Å²) in [5.74, 6) is 0. The van der Waals surface area contributed by atoms with Crippen LogP contribution in [0.3, 0.4) is 0 Å². The Morgan fingerprint density at radius 2 is 0.614 bits per heavy atom. The maximum absolute atomic E-state index is 2.51. The molecule has 0 fully saturated rings. The van der Waals surface area contributed by atoms with E-state index >= 15 is 0 Å². The molecule has 12 aromatic carbocycles. The van der Waals surface area contributed by atoms with Gasteiger partial charge < -0.3 is 9.80 Å². The minimum atomic E-state index is 1.12. The minimum Gasteiger partial charge on any atom is -0.310 e. The van der Waals surface area contributed by atoms with Crippen molar-refractivity contribution < 1.29 is 0 Å². The topological polar surface area (TPSA) is 6.48 Å². The Bertz CT molecular complexity index is 3600. The summed E-state index contributed by atoms with van der Waals surface area (Å²) < 4.78 is 0. The van der Waals surface area contributed by atoms with E-state index in [0.717, 1.165) is 34.1 Å². The van der Waals surface area contributed by atoms with Crippen molar-refractivity contribution in [3.63, 3.8) is 0 Å². The van der Waals surface area contributed by atoms with Crippen LogP contribution in [0.2, 0.25) is 0 Å². The lowest BCUT2D eigenvalue weighted by Crippen LogP contribution is -2.14. The second kappa shape index (κ2) is 17.7. The van der Waals surface area contributed by atoms with Crippen LogP contribution in [0.5, 0.6) is 0 Å². The summed E-state index contributed by atoms with van der Waals surface area (Å²) in [5.41, 5.74) is 21.2. The number of aryl methyl sites for hydroxylation is 2. The molecule has 12 rings (SSSR count). The lowest BCUT2D eigenvalue weighted by Gasteiger charge is -2.32. The van der Waals surface area contributed by atoms with Crippen molar-refractivity contribution in [2.45, 2.75) is 27.7 Å². The van der Waals surface area contributed by atoms with Crippen LogP contribution in [0.25, 0.3) is 76.8 Å². The first-order chi connectivity index (χ1) is 34.4. The van der Waals surface area contributed by atoms with Crippen molar-refractivity contribution in [2.24, 2.45) is 0 Å². The molecule has 0 bridgehead atoms. The maximum Gasteiger partial charge on any atom is 0.0540 e. The molecule has 0 saturated heterocycles. The highest BCUT2D eigenvalue weighted by Crippen LogP contribution is 2.51. The number of hydrogen-bond donors (Lipinski definition) is 0. The van der Waals surface area contributed by atoms with E-state index in [2.05, 4.69) is 280 Å². The third-order valence-corrected chi connectivity index (χ3v) is 14.2. The molecule has 0 heterocycles. The molecule has 0 N–H and O–H groups in total. The van der Waals surface area contributed by atoms with Gasteiger partial charge in [-0.25, -0.2) is 0 Å². The third-order valence-electron chi connectivity index (χ3n) is 14.2. The van der Waals surface area contributed by atoms with Gasteiger partial charge >= 0.3 is 0 Å². The fraction of sp³-hybridized carbons (Fsp3) is 0.0588. The molecule has 0 aliphatic carbocycles. The Kier molecular flexibility index (Phi) is 10.8. The molecule has 0 unspecified atom stereocenters. The Labute approximate surface area is 411 Å². The maximum atomic E-state index is 2.51. The van der Waals surface area contributed by atoms with E-state index < -0.39 is 0 Å². The lowest BCUT2D eigenvalue weighted by molar-refractivity contribution is 1.25. The average molecular weight is 897 g/mol. The van der Waals surface area contributed by atoms with E-state index in [1.165, 1.54) is 99.1 Å². The van der Waals surface area contributed by atoms with Crippen LogP contribution >= 0.6 is 0 Å². The van der Waals surface area contributed by atoms with Crippen LogP contribution in [-0.4, -0.2) is 0 Å². The highest BCUT2D eigenvalue weighted by Gasteiger charge is 2.26. The fourth-order valence-corrected chi connectivity index (χ4v) is 10.8. The van der Waals surface area contributed by atoms with Crippen molar-refractivity contribution in [3.05, 3.63) is 265 Å². The Hall–Kier alpha value is -8.72. The van der Waals surface area contributed by atoms with Gasteiger partial charge in [0, 0.05) is 22.1 Å². The lowest BCUT2D eigenvalue weighted by atomic mass is 9.90. The predicted molar refractivity (Wildman–Crippen MR) is 300 cm³/mol. The second-order valence-corrected chi connectivity index (χ2v) is 18.7. The van der Waals surface area contributed by atoms with Gasteiger partial charge in [0.05, 0.1) is 22.7 Å². The van der Waals surface area contributed by atoms with Crippen LogP contribution in [0.4, 0.5) is 34.1 Å². The van der Waals surface area contributed by atoms with Crippen LogP contribution in [0.15, 0.2) is 243 Å². The fourth-order valence-electron chi connectivity index (χ4n) is 10.8. The van der Waals surface area contributed by atoms with E-state index in [0.29, 0.717) is 0 Å². The summed E-state index contributed by atoms with van der Waals surface area (Å²) in [7, 11) is 0. The molecule has 2 nitrogen and oxygen atoms in total. The summed E-state index contributed by atoms with van der Waals surface area (Å²) in [5, 5.41) is 7.36. The summed E-state index contributed by atoms with van der Waals surface area (Å²) in [6, 6.07) is 89.4. The standard InChI is InChI=1S/C68H52N2/c1-45-19-17-29-57(39-45)69(65-43-55(49-21-9-5-10-22-49)41-61(47(65)3)51-25-13-7-14-26-51)63-37-33-53-32-36-60-64(38-34-54-31-35-59(63)67(53)68(54)60)70(58-30-18-20-46(2)40-58)66-44-56(50-23-11-6-12-24-50)42-62(48(66)4)52-27-15-8-16-28-52/h5-44H,1-4H3. The van der Waals surface area contributed by atoms with Gasteiger partial charge in [-0.05, 0) is 177 Å². The number of benzene rings is 12. The minimum absolute atomic E-state index is 1.12. The molecule has 70 heavy (non-hydrogen) atoms. The van der Waals surface area contributed by atoms with Crippen LogP contribution in [0.1, 0.15) is 22.3 Å². The highest BCUT2D eigenvalue weighted by molar-refractivity contribution is 6.28. The zero-order valence-corrected chi connectivity index (χ0v) is 40.0. The zero-order valence-electron chi connectivity index (χ0n) is 40.0. The van der Waals surface area contributed by atoms with E-state index in [9.17, 15) is 0 Å². The molecule has 0 aliphatic heterocycles. The van der Waals surface area contributed by atoms with Gasteiger partial charge in [0.2, 0.25) is 0 Å². The van der Waals surface area contributed by atoms with E-state index in [-0.39, 0.29) is 0 Å². The SMILES string of the molecule is Cc1cccc(N(c2cc(-c3ccccc3)cc(-c3ccccc3)c2C)c2ccc3ccc4c(N(c5cccc(C)c5)c5cc(-c6ccccc6)cc(-c6ccccc6)c5C)ccc5ccc2c3c54)c1. The molecule has 0 aromatic heterocycles.